The number of ether oxygens (including phenoxy) is 1. The van der Waals surface area contributed by atoms with Crippen LogP contribution >= 0.6 is 0 Å². The molecule has 0 aromatic heterocycles. The van der Waals surface area contributed by atoms with Gasteiger partial charge in [0.1, 0.15) is 0 Å². The fourth-order valence-corrected chi connectivity index (χ4v) is 5.38. The zero-order valence-electron chi connectivity index (χ0n) is 15.1. The summed E-state index contributed by atoms with van der Waals surface area (Å²) in [6, 6.07) is 0.502. The SMILES string of the molecule is O=C1C[C@H]([C@H]2CCCCN2C(=O)N[C@@H]2CCOC3(CCCC3)C2)CN1. The molecular weight excluding hydrogens is 318 g/mol. The molecule has 4 fully saturated rings. The van der Waals surface area contributed by atoms with Crippen molar-refractivity contribution in [3.05, 3.63) is 0 Å². The molecule has 1 aliphatic carbocycles. The van der Waals surface area contributed by atoms with Gasteiger partial charge in [-0.25, -0.2) is 4.79 Å². The van der Waals surface area contributed by atoms with Crippen molar-refractivity contribution >= 4 is 11.9 Å². The molecule has 3 heterocycles. The van der Waals surface area contributed by atoms with Gasteiger partial charge in [-0.1, -0.05) is 12.8 Å². The van der Waals surface area contributed by atoms with Crippen molar-refractivity contribution in [2.45, 2.75) is 81.9 Å². The molecule has 0 bridgehead atoms. The fourth-order valence-electron chi connectivity index (χ4n) is 5.38. The van der Waals surface area contributed by atoms with Crippen molar-refractivity contribution in [3.63, 3.8) is 0 Å². The Bertz CT molecular complexity index is 518. The van der Waals surface area contributed by atoms with E-state index in [0.717, 1.165) is 58.1 Å². The maximum Gasteiger partial charge on any atom is 0.317 e. The number of carbonyl (C=O) groups is 2. The minimum atomic E-state index is 0.0271. The van der Waals surface area contributed by atoms with Crippen molar-refractivity contribution in [2.75, 3.05) is 19.7 Å². The predicted molar refractivity (Wildman–Crippen MR) is 94.2 cm³/mol. The number of hydrogen-bond donors (Lipinski definition) is 2. The van der Waals surface area contributed by atoms with Gasteiger partial charge in [0.05, 0.1) is 5.60 Å². The first kappa shape index (κ1) is 17.1. The van der Waals surface area contributed by atoms with E-state index < -0.39 is 0 Å². The van der Waals surface area contributed by atoms with Crippen LogP contribution in [0.5, 0.6) is 0 Å². The van der Waals surface area contributed by atoms with Gasteiger partial charge >= 0.3 is 6.03 Å². The standard InChI is InChI=1S/C19H31N3O3/c23-17-11-14(13-20-17)16-5-1-4-9-22(16)18(24)21-15-6-10-25-19(12-15)7-2-3-8-19/h14-16H,1-13H2,(H,20,23)(H,21,24)/t14-,15+,16+/m0/s1. The molecule has 4 rings (SSSR count). The Morgan fingerprint density at radius 3 is 2.80 bits per heavy atom. The molecule has 0 aromatic carbocycles. The van der Waals surface area contributed by atoms with E-state index in [-0.39, 0.29) is 35.5 Å². The fraction of sp³-hybridized carbons (Fsp3) is 0.895. The number of piperidine rings is 1. The zero-order valence-corrected chi connectivity index (χ0v) is 15.1. The van der Waals surface area contributed by atoms with Gasteiger partial charge in [0.15, 0.2) is 0 Å². The largest absolute Gasteiger partial charge is 0.375 e. The summed E-state index contributed by atoms with van der Waals surface area (Å²) in [6.07, 6.45) is 10.4. The second kappa shape index (κ2) is 7.14. The van der Waals surface area contributed by atoms with Crippen molar-refractivity contribution < 1.29 is 14.3 Å². The lowest BCUT2D eigenvalue weighted by Crippen LogP contribution is -2.56. The van der Waals surface area contributed by atoms with Crippen LogP contribution in [0.1, 0.15) is 64.2 Å². The van der Waals surface area contributed by atoms with Crippen LogP contribution in [0.25, 0.3) is 0 Å². The van der Waals surface area contributed by atoms with Gasteiger partial charge in [-0.05, 0) is 44.9 Å². The molecule has 1 saturated carbocycles. The number of nitrogens with one attached hydrogen (secondary N) is 2. The zero-order chi connectivity index (χ0) is 17.3. The highest BCUT2D eigenvalue weighted by Gasteiger charge is 2.42. The molecule has 0 radical (unpaired) electrons. The maximum absolute atomic E-state index is 13.0. The number of urea groups is 1. The average Bonchev–Trinajstić information content (AvgIpc) is 3.24. The Hall–Kier alpha value is -1.30. The van der Waals surface area contributed by atoms with E-state index in [1.807, 2.05) is 4.90 Å². The highest BCUT2D eigenvalue weighted by molar-refractivity contribution is 5.79. The topological polar surface area (TPSA) is 70.7 Å². The van der Waals surface area contributed by atoms with E-state index in [2.05, 4.69) is 10.6 Å². The molecule has 6 heteroatoms. The Labute approximate surface area is 150 Å². The summed E-state index contributed by atoms with van der Waals surface area (Å²) in [6.45, 7) is 2.29. The van der Waals surface area contributed by atoms with Crippen LogP contribution in [0.4, 0.5) is 4.79 Å². The van der Waals surface area contributed by atoms with Gasteiger partial charge in [0.2, 0.25) is 5.91 Å². The van der Waals surface area contributed by atoms with E-state index in [1.165, 1.54) is 12.8 Å². The molecule has 1 spiro atoms. The van der Waals surface area contributed by atoms with Crippen LogP contribution in [0.3, 0.4) is 0 Å². The lowest BCUT2D eigenvalue weighted by Gasteiger charge is -2.42. The van der Waals surface area contributed by atoms with E-state index in [0.29, 0.717) is 13.0 Å². The van der Waals surface area contributed by atoms with Crippen molar-refractivity contribution in [3.8, 4) is 0 Å². The molecule has 25 heavy (non-hydrogen) atoms. The second-order valence-corrected chi connectivity index (χ2v) is 8.40. The van der Waals surface area contributed by atoms with E-state index >= 15 is 0 Å². The van der Waals surface area contributed by atoms with Crippen molar-refractivity contribution in [1.82, 2.24) is 15.5 Å². The monoisotopic (exact) mass is 349 g/mol. The summed E-state index contributed by atoms with van der Waals surface area (Å²) in [5.41, 5.74) is 0.0271. The van der Waals surface area contributed by atoms with Gasteiger partial charge in [0, 0.05) is 44.1 Å². The van der Waals surface area contributed by atoms with Gasteiger partial charge in [-0.3, -0.25) is 4.79 Å². The van der Waals surface area contributed by atoms with Crippen LogP contribution in [0.15, 0.2) is 0 Å². The van der Waals surface area contributed by atoms with Crippen LogP contribution < -0.4 is 10.6 Å². The molecule has 3 aliphatic heterocycles. The number of amides is 3. The molecule has 6 nitrogen and oxygen atoms in total. The summed E-state index contributed by atoms with van der Waals surface area (Å²) in [5.74, 6) is 0.401. The molecule has 3 atom stereocenters. The number of carbonyl (C=O) groups excluding carboxylic acids is 2. The summed E-state index contributed by atoms with van der Waals surface area (Å²) in [4.78, 5) is 26.6. The Balaban J connectivity index is 1.38. The molecule has 140 valence electrons. The number of likely N-dealkylation sites (tertiary alicyclic amines) is 1. The number of nitrogens with zero attached hydrogens (tertiary/aromatic N) is 1. The number of rotatable bonds is 2. The molecule has 2 N–H and O–H groups in total. The van der Waals surface area contributed by atoms with Crippen LogP contribution in [-0.2, 0) is 9.53 Å². The Morgan fingerprint density at radius 1 is 1.20 bits per heavy atom. The third kappa shape index (κ3) is 3.64. The molecule has 3 saturated heterocycles. The first-order valence-electron chi connectivity index (χ1n) is 10.1. The van der Waals surface area contributed by atoms with Crippen molar-refractivity contribution in [1.29, 1.82) is 0 Å². The second-order valence-electron chi connectivity index (χ2n) is 8.40. The molecular formula is C19H31N3O3. The van der Waals surface area contributed by atoms with Crippen LogP contribution in [0, 0.1) is 5.92 Å². The van der Waals surface area contributed by atoms with E-state index in [9.17, 15) is 9.59 Å². The lowest BCUT2D eigenvalue weighted by molar-refractivity contribution is -0.119. The Morgan fingerprint density at radius 2 is 2.04 bits per heavy atom. The third-order valence-electron chi connectivity index (χ3n) is 6.70. The summed E-state index contributed by atoms with van der Waals surface area (Å²) >= 11 is 0. The highest BCUT2D eigenvalue weighted by Crippen LogP contribution is 2.40. The van der Waals surface area contributed by atoms with Gasteiger partial charge in [0.25, 0.3) is 0 Å². The number of hydrogen-bond acceptors (Lipinski definition) is 3. The summed E-state index contributed by atoms with van der Waals surface area (Å²) in [5, 5.41) is 6.23. The minimum Gasteiger partial charge on any atom is -0.375 e. The van der Waals surface area contributed by atoms with E-state index in [1.54, 1.807) is 0 Å². The lowest BCUT2D eigenvalue weighted by atomic mass is 9.88. The molecule has 0 unspecified atom stereocenters. The minimum absolute atomic E-state index is 0.0271. The van der Waals surface area contributed by atoms with Gasteiger partial charge in [-0.2, -0.15) is 0 Å². The van der Waals surface area contributed by atoms with Gasteiger partial charge < -0.3 is 20.3 Å². The normalized spacial score (nSPS) is 35.0. The van der Waals surface area contributed by atoms with Crippen LogP contribution in [0.2, 0.25) is 0 Å². The Kier molecular flexibility index (Phi) is 4.89. The molecule has 4 aliphatic rings. The summed E-state index contributed by atoms with van der Waals surface area (Å²) in [7, 11) is 0. The third-order valence-corrected chi connectivity index (χ3v) is 6.70. The predicted octanol–water partition coefficient (Wildman–Crippen LogP) is 2.18. The quantitative estimate of drug-likeness (QED) is 0.803. The smallest absolute Gasteiger partial charge is 0.317 e. The van der Waals surface area contributed by atoms with Crippen LogP contribution in [-0.4, -0.2) is 54.2 Å². The average molecular weight is 349 g/mol. The first-order valence-corrected chi connectivity index (χ1v) is 10.1. The molecule has 3 amide bonds. The first-order chi connectivity index (χ1) is 12.2. The van der Waals surface area contributed by atoms with E-state index in [4.69, 9.17) is 4.74 Å². The van der Waals surface area contributed by atoms with Crippen molar-refractivity contribution in [2.24, 2.45) is 5.92 Å². The van der Waals surface area contributed by atoms with Gasteiger partial charge in [-0.15, -0.1) is 0 Å². The summed E-state index contributed by atoms with van der Waals surface area (Å²) < 4.78 is 6.09. The maximum atomic E-state index is 13.0. The molecule has 0 aromatic rings. The highest BCUT2D eigenvalue weighted by atomic mass is 16.5.